The fraction of sp³-hybridized carbons (Fsp3) is 0.706. The monoisotopic (exact) mass is 400 g/mol. The number of nitrogens with two attached hydrogens (primary N) is 1. The van der Waals surface area contributed by atoms with Crippen molar-refractivity contribution in [3.8, 4) is 0 Å². The summed E-state index contributed by atoms with van der Waals surface area (Å²) in [6.45, 7) is 3.22. The molecule has 6 N–H and O–H groups in total. The summed E-state index contributed by atoms with van der Waals surface area (Å²) in [5.41, 5.74) is 5.69. The first-order valence-corrected chi connectivity index (χ1v) is 9.12. The van der Waals surface area contributed by atoms with Crippen molar-refractivity contribution in [2.45, 2.75) is 57.7 Å². The largest absolute Gasteiger partial charge is 0.481 e. The second-order valence-electron chi connectivity index (χ2n) is 7.07. The van der Waals surface area contributed by atoms with Gasteiger partial charge in [-0.05, 0) is 25.2 Å². The van der Waals surface area contributed by atoms with Crippen molar-refractivity contribution in [3.05, 3.63) is 0 Å². The second kappa shape index (κ2) is 10.6. The first-order chi connectivity index (χ1) is 13.0. The van der Waals surface area contributed by atoms with E-state index in [-0.39, 0.29) is 18.8 Å². The number of nitrogens with one attached hydrogen (secondary N) is 2. The Morgan fingerprint density at radius 2 is 1.79 bits per heavy atom. The topological polar surface area (TPSA) is 179 Å². The van der Waals surface area contributed by atoms with Gasteiger partial charge in [0.15, 0.2) is 0 Å². The molecule has 0 radical (unpaired) electrons. The summed E-state index contributed by atoms with van der Waals surface area (Å²) in [5, 5.41) is 22.2. The number of hydrogen-bond donors (Lipinski definition) is 5. The predicted octanol–water partition coefficient (Wildman–Crippen LogP) is -1.49. The Kier molecular flexibility index (Phi) is 8.83. The molecule has 3 atom stereocenters. The molecule has 1 aliphatic heterocycles. The Labute approximate surface area is 162 Å². The van der Waals surface area contributed by atoms with Crippen molar-refractivity contribution in [3.63, 3.8) is 0 Å². The summed E-state index contributed by atoms with van der Waals surface area (Å²) >= 11 is 0. The highest BCUT2D eigenvalue weighted by Gasteiger charge is 2.39. The van der Waals surface area contributed by atoms with Crippen LogP contribution in [0.15, 0.2) is 0 Å². The average molecular weight is 400 g/mol. The number of likely N-dealkylation sites (tertiary alicyclic amines) is 1. The summed E-state index contributed by atoms with van der Waals surface area (Å²) in [6.07, 6.45) is 0.638. The molecule has 11 nitrogen and oxygen atoms in total. The third-order valence-electron chi connectivity index (χ3n) is 4.49. The lowest BCUT2D eigenvalue weighted by molar-refractivity contribution is -0.143. The van der Waals surface area contributed by atoms with Crippen LogP contribution in [-0.2, 0) is 24.0 Å². The summed E-state index contributed by atoms with van der Waals surface area (Å²) in [4.78, 5) is 60.0. The van der Waals surface area contributed by atoms with Crippen LogP contribution in [-0.4, -0.2) is 76.0 Å². The van der Waals surface area contributed by atoms with Gasteiger partial charge in [-0.1, -0.05) is 13.8 Å². The van der Waals surface area contributed by atoms with Crippen molar-refractivity contribution >= 4 is 29.7 Å². The third kappa shape index (κ3) is 6.80. The van der Waals surface area contributed by atoms with E-state index in [0.29, 0.717) is 19.4 Å². The van der Waals surface area contributed by atoms with E-state index >= 15 is 0 Å². The molecule has 0 aromatic rings. The van der Waals surface area contributed by atoms with Gasteiger partial charge in [0.05, 0.1) is 6.04 Å². The number of aliphatic carboxylic acids is 2. The highest BCUT2D eigenvalue weighted by Crippen LogP contribution is 2.20. The van der Waals surface area contributed by atoms with Crippen molar-refractivity contribution in [2.24, 2.45) is 11.7 Å². The normalized spacial score (nSPS) is 18.4. The van der Waals surface area contributed by atoms with E-state index in [0.717, 1.165) is 0 Å². The highest BCUT2D eigenvalue weighted by molar-refractivity contribution is 5.94. The minimum Gasteiger partial charge on any atom is -0.481 e. The van der Waals surface area contributed by atoms with E-state index in [1.54, 1.807) is 13.8 Å². The summed E-state index contributed by atoms with van der Waals surface area (Å²) < 4.78 is 0. The van der Waals surface area contributed by atoms with Crippen LogP contribution < -0.4 is 16.4 Å². The quantitative estimate of drug-likeness (QED) is 0.294. The molecule has 3 unspecified atom stereocenters. The molecular weight excluding hydrogens is 372 g/mol. The molecule has 1 fully saturated rings. The minimum atomic E-state index is -1.19. The second-order valence-corrected chi connectivity index (χ2v) is 7.07. The van der Waals surface area contributed by atoms with E-state index in [4.69, 9.17) is 15.9 Å². The number of carboxylic acids is 2. The lowest BCUT2D eigenvalue weighted by atomic mass is 10.0. The Bertz CT molecular complexity index is 623. The van der Waals surface area contributed by atoms with Gasteiger partial charge in [0.25, 0.3) is 0 Å². The highest BCUT2D eigenvalue weighted by atomic mass is 16.4. The molecule has 1 aliphatic rings. The van der Waals surface area contributed by atoms with E-state index in [2.05, 4.69) is 10.6 Å². The predicted molar refractivity (Wildman–Crippen MR) is 97.0 cm³/mol. The maximum atomic E-state index is 12.9. The smallest absolute Gasteiger partial charge is 0.322 e. The number of nitrogens with zero attached hydrogens (tertiary/aromatic N) is 1. The zero-order valence-electron chi connectivity index (χ0n) is 16.0. The SMILES string of the molecule is CC(C)C(NC(=O)C(N)CCC(=O)O)C(=O)N1CCCC1C(=O)NCC(=O)O. The molecule has 0 saturated carbocycles. The molecule has 0 aliphatic carbocycles. The number of hydrogen-bond acceptors (Lipinski definition) is 6. The molecule has 28 heavy (non-hydrogen) atoms. The van der Waals surface area contributed by atoms with Crippen LogP contribution in [0.25, 0.3) is 0 Å². The lowest BCUT2D eigenvalue weighted by Crippen LogP contribution is -2.57. The van der Waals surface area contributed by atoms with Crippen LogP contribution in [0.1, 0.15) is 39.5 Å². The van der Waals surface area contributed by atoms with Crippen LogP contribution in [0.5, 0.6) is 0 Å². The first-order valence-electron chi connectivity index (χ1n) is 9.12. The number of carbonyl (C=O) groups excluding carboxylic acids is 3. The molecule has 11 heteroatoms. The van der Waals surface area contributed by atoms with E-state index in [1.807, 2.05) is 0 Å². The van der Waals surface area contributed by atoms with E-state index < -0.39 is 54.3 Å². The fourth-order valence-corrected chi connectivity index (χ4v) is 2.95. The maximum absolute atomic E-state index is 12.9. The molecule has 0 aromatic carbocycles. The Hall–Kier alpha value is -2.69. The van der Waals surface area contributed by atoms with Crippen molar-refractivity contribution in [1.29, 1.82) is 0 Å². The molecule has 1 heterocycles. The number of carbonyl (C=O) groups is 5. The lowest BCUT2D eigenvalue weighted by Gasteiger charge is -2.31. The Morgan fingerprint density at radius 3 is 2.32 bits per heavy atom. The van der Waals surface area contributed by atoms with Gasteiger partial charge in [0.1, 0.15) is 18.6 Å². The molecule has 0 bridgehead atoms. The fourth-order valence-electron chi connectivity index (χ4n) is 2.95. The van der Waals surface area contributed by atoms with Gasteiger partial charge >= 0.3 is 11.9 Å². The van der Waals surface area contributed by atoms with Gasteiger partial charge in [-0.2, -0.15) is 0 Å². The Morgan fingerprint density at radius 1 is 1.14 bits per heavy atom. The van der Waals surface area contributed by atoms with Gasteiger partial charge in [-0.25, -0.2) is 0 Å². The number of amides is 3. The minimum absolute atomic E-state index is 0.0654. The maximum Gasteiger partial charge on any atom is 0.322 e. The molecular formula is C17H28N4O7. The average Bonchev–Trinajstić information content (AvgIpc) is 3.10. The van der Waals surface area contributed by atoms with Crippen LogP contribution in [0.4, 0.5) is 0 Å². The first kappa shape index (κ1) is 23.3. The summed E-state index contributed by atoms with van der Waals surface area (Å²) in [6, 6.07) is -2.81. The van der Waals surface area contributed by atoms with E-state index in [9.17, 15) is 24.0 Å². The molecule has 0 spiro atoms. The van der Waals surface area contributed by atoms with Crippen LogP contribution >= 0.6 is 0 Å². The van der Waals surface area contributed by atoms with Gasteiger partial charge < -0.3 is 31.5 Å². The van der Waals surface area contributed by atoms with E-state index in [1.165, 1.54) is 4.90 Å². The molecule has 0 aromatic heterocycles. The zero-order valence-corrected chi connectivity index (χ0v) is 16.0. The Balaban J connectivity index is 2.79. The van der Waals surface area contributed by atoms with Crippen LogP contribution in [0.3, 0.4) is 0 Å². The van der Waals surface area contributed by atoms with Crippen molar-refractivity contribution in [1.82, 2.24) is 15.5 Å². The van der Waals surface area contributed by atoms with Crippen LogP contribution in [0.2, 0.25) is 0 Å². The van der Waals surface area contributed by atoms with Crippen molar-refractivity contribution in [2.75, 3.05) is 13.1 Å². The molecule has 1 saturated heterocycles. The molecule has 1 rings (SSSR count). The van der Waals surface area contributed by atoms with Crippen molar-refractivity contribution < 1.29 is 34.2 Å². The number of carboxylic acid groups (broad SMARTS) is 2. The zero-order chi connectivity index (χ0) is 21.4. The molecule has 3 amide bonds. The van der Waals surface area contributed by atoms with Gasteiger partial charge in [0, 0.05) is 13.0 Å². The summed E-state index contributed by atoms with van der Waals surface area (Å²) in [7, 11) is 0. The van der Waals surface area contributed by atoms with Gasteiger partial charge in [-0.15, -0.1) is 0 Å². The van der Waals surface area contributed by atoms with Crippen LogP contribution in [0, 0.1) is 5.92 Å². The summed E-state index contributed by atoms with van der Waals surface area (Å²) in [5.74, 6) is -4.22. The molecule has 158 valence electrons. The van der Waals surface area contributed by atoms with Gasteiger partial charge in [-0.3, -0.25) is 24.0 Å². The standard InChI is InChI=1S/C17H28N4O7/c1-9(2)14(20-15(26)10(18)5-6-12(22)23)17(28)21-7-3-4-11(21)16(27)19-8-13(24)25/h9-11,14H,3-8,18H2,1-2H3,(H,19,27)(H,20,26)(H,22,23)(H,24,25). The third-order valence-corrected chi connectivity index (χ3v) is 4.49. The number of rotatable bonds is 10. The van der Waals surface area contributed by atoms with Gasteiger partial charge in [0.2, 0.25) is 17.7 Å².